The average molecular weight is 407 g/mol. The van der Waals surface area contributed by atoms with Gasteiger partial charge in [-0.3, -0.25) is 10.4 Å². The summed E-state index contributed by atoms with van der Waals surface area (Å²) >= 11 is 0. The Morgan fingerprint density at radius 2 is 1.97 bits per heavy atom. The fourth-order valence-corrected chi connectivity index (χ4v) is 4.42. The third-order valence-electron chi connectivity index (χ3n) is 6.01. The molecule has 0 saturated carbocycles. The van der Waals surface area contributed by atoms with Crippen molar-refractivity contribution in [3.63, 3.8) is 0 Å². The summed E-state index contributed by atoms with van der Waals surface area (Å²) in [6.45, 7) is 2.15. The largest absolute Gasteiger partial charge is 0.346 e. The van der Waals surface area contributed by atoms with Gasteiger partial charge in [-0.15, -0.1) is 0 Å². The van der Waals surface area contributed by atoms with E-state index in [4.69, 9.17) is 4.99 Å². The Bertz CT molecular complexity index is 1410. The normalized spacial score (nSPS) is 16.9. The van der Waals surface area contributed by atoms with Crippen LogP contribution in [-0.4, -0.2) is 25.5 Å². The highest BCUT2D eigenvalue weighted by Gasteiger charge is 2.28. The highest BCUT2D eigenvalue weighted by Crippen LogP contribution is 2.39. The average Bonchev–Trinajstić information content (AvgIpc) is 3.43. The Morgan fingerprint density at radius 1 is 1.10 bits per heavy atom. The van der Waals surface area contributed by atoms with E-state index in [-0.39, 0.29) is 6.04 Å². The smallest absolute Gasteiger partial charge is 0.138 e. The van der Waals surface area contributed by atoms with Gasteiger partial charge in [-0.1, -0.05) is 37.3 Å². The van der Waals surface area contributed by atoms with Gasteiger partial charge in [-0.25, -0.2) is 9.67 Å². The third-order valence-corrected chi connectivity index (χ3v) is 6.01. The fourth-order valence-electron chi connectivity index (χ4n) is 4.42. The molecule has 2 aliphatic heterocycles. The highest BCUT2D eigenvalue weighted by molar-refractivity contribution is 5.98. The van der Waals surface area contributed by atoms with Gasteiger partial charge < -0.3 is 4.98 Å². The summed E-state index contributed by atoms with van der Waals surface area (Å²) in [7, 11) is 0. The van der Waals surface area contributed by atoms with Crippen molar-refractivity contribution in [3.8, 4) is 5.69 Å². The van der Waals surface area contributed by atoms with E-state index in [1.807, 2.05) is 0 Å². The number of hydrogen-bond acceptors (Lipinski definition) is 5. The van der Waals surface area contributed by atoms with Gasteiger partial charge in [0, 0.05) is 34.7 Å². The second-order valence-electron chi connectivity index (χ2n) is 7.77. The number of rotatable bonds is 3. The molecule has 7 nitrogen and oxygen atoms in total. The Morgan fingerprint density at radius 3 is 2.77 bits per heavy atom. The van der Waals surface area contributed by atoms with Crippen molar-refractivity contribution in [2.75, 3.05) is 5.43 Å². The number of fused-ring (bicyclic) bond motifs is 1. The van der Waals surface area contributed by atoms with Crippen LogP contribution in [0.2, 0.25) is 0 Å². The van der Waals surface area contributed by atoms with Crippen LogP contribution in [0, 0.1) is 0 Å². The molecule has 0 saturated heterocycles. The molecule has 6 rings (SSSR count). The second-order valence-corrected chi connectivity index (χ2v) is 7.77. The molecule has 0 bridgehead atoms. The number of para-hydroxylation sites is 1. The number of hydrazone groups is 1. The minimum atomic E-state index is -0.117. The van der Waals surface area contributed by atoms with Gasteiger partial charge in [0.25, 0.3) is 0 Å². The number of hydrogen-bond donors (Lipinski definition) is 2. The Hall–Kier alpha value is -4.00. The second kappa shape index (κ2) is 7.05. The number of aromatic nitrogens is 4. The van der Waals surface area contributed by atoms with Crippen LogP contribution in [0.1, 0.15) is 42.5 Å². The van der Waals surface area contributed by atoms with Crippen molar-refractivity contribution in [1.29, 1.82) is 0 Å². The van der Waals surface area contributed by atoms with E-state index in [1.54, 1.807) is 11.0 Å². The van der Waals surface area contributed by atoms with Gasteiger partial charge in [-0.05, 0) is 35.8 Å². The standard InChI is InChI=1S/C24H21N7/c1-2-16-11-19-18-5-3-4-6-21(18)28-23(20-12-26-24(22(19)20)30-29-16)15-7-9-17(10-8-15)31-14-25-13-27-31/h3-10,12-14,23,26,30H,2,11H2,1H3. The van der Waals surface area contributed by atoms with Crippen molar-refractivity contribution in [2.45, 2.75) is 25.8 Å². The molecule has 7 heteroatoms. The van der Waals surface area contributed by atoms with Crippen molar-refractivity contribution >= 4 is 17.1 Å². The summed E-state index contributed by atoms with van der Waals surface area (Å²) < 4.78 is 1.76. The minimum Gasteiger partial charge on any atom is -0.346 e. The zero-order valence-corrected chi connectivity index (χ0v) is 17.1. The fraction of sp³-hybridized carbons (Fsp3) is 0.167. The maximum absolute atomic E-state index is 5.22. The summed E-state index contributed by atoms with van der Waals surface area (Å²) in [6, 6.07) is 16.7. The number of benzene rings is 2. The number of anilines is 1. The SMILES string of the molecule is CCC1=NNc2[nH]cc3c2C(=c2ccccc2=NC3c2ccc(-n3cncn3)cc2)C1. The monoisotopic (exact) mass is 407 g/mol. The first-order valence-corrected chi connectivity index (χ1v) is 10.5. The van der Waals surface area contributed by atoms with E-state index >= 15 is 0 Å². The van der Waals surface area contributed by atoms with E-state index in [0.29, 0.717) is 0 Å². The van der Waals surface area contributed by atoms with Crippen LogP contribution < -0.4 is 16.0 Å². The molecule has 1 atom stereocenters. The molecular formula is C24H21N7. The predicted molar refractivity (Wildman–Crippen MR) is 120 cm³/mol. The van der Waals surface area contributed by atoms with E-state index in [2.05, 4.69) is 87.2 Å². The van der Waals surface area contributed by atoms with Crippen molar-refractivity contribution in [1.82, 2.24) is 19.7 Å². The Balaban J connectivity index is 1.55. The van der Waals surface area contributed by atoms with Crippen LogP contribution in [0.3, 0.4) is 0 Å². The van der Waals surface area contributed by atoms with E-state index in [0.717, 1.165) is 46.5 Å². The molecular weight excluding hydrogens is 386 g/mol. The molecule has 0 spiro atoms. The van der Waals surface area contributed by atoms with Gasteiger partial charge in [0.15, 0.2) is 0 Å². The van der Waals surface area contributed by atoms with Crippen LogP contribution in [0.15, 0.2) is 77.5 Å². The summed E-state index contributed by atoms with van der Waals surface area (Å²) in [6.07, 6.45) is 7.02. The summed E-state index contributed by atoms with van der Waals surface area (Å²) in [5, 5.41) is 11.0. The maximum Gasteiger partial charge on any atom is 0.138 e. The van der Waals surface area contributed by atoms with E-state index in [9.17, 15) is 0 Å². The molecule has 0 fully saturated rings. The number of nitrogens with one attached hydrogen (secondary N) is 2. The number of H-pyrrole nitrogens is 1. The van der Waals surface area contributed by atoms with E-state index in [1.165, 1.54) is 22.7 Å². The molecule has 2 aromatic heterocycles. The van der Waals surface area contributed by atoms with Gasteiger partial charge >= 0.3 is 0 Å². The maximum atomic E-state index is 5.22. The van der Waals surface area contributed by atoms with Crippen LogP contribution >= 0.6 is 0 Å². The van der Waals surface area contributed by atoms with E-state index < -0.39 is 0 Å². The highest BCUT2D eigenvalue weighted by atomic mass is 15.3. The van der Waals surface area contributed by atoms with Crippen LogP contribution in [0.25, 0.3) is 11.3 Å². The van der Waals surface area contributed by atoms with Gasteiger partial charge in [-0.2, -0.15) is 10.2 Å². The molecule has 0 amide bonds. The first kappa shape index (κ1) is 17.8. The molecule has 2 aromatic carbocycles. The molecule has 2 aliphatic rings. The zero-order valence-electron chi connectivity index (χ0n) is 17.1. The first-order chi connectivity index (χ1) is 15.3. The topological polar surface area (TPSA) is 83.2 Å². The van der Waals surface area contributed by atoms with Crippen molar-refractivity contribution in [3.05, 3.63) is 94.6 Å². The first-order valence-electron chi connectivity index (χ1n) is 10.5. The van der Waals surface area contributed by atoms with Crippen LogP contribution in [0.4, 0.5) is 5.82 Å². The van der Waals surface area contributed by atoms with Crippen LogP contribution in [-0.2, 0) is 0 Å². The minimum absolute atomic E-state index is 0.117. The lowest BCUT2D eigenvalue weighted by Crippen LogP contribution is -2.27. The molecule has 1 unspecified atom stereocenters. The molecule has 0 aliphatic carbocycles. The molecule has 4 aromatic rings. The number of nitrogens with zero attached hydrogens (tertiary/aromatic N) is 5. The summed E-state index contributed by atoms with van der Waals surface area (Å²) in [5.41, 5.74) is 10.1. The van der Waals surface area contributed by atoms with Crippen molar-refractivity contribution in [2.24, 2.45) is 10.1 Å². The Kier molecular flexibility index (Phi) is 4.06. The lowest BCUT2D eigenvalue weighted by atomic mass is 9.91. The number of aromatic amines is 1. The van der Waals surface area contributed by atoms with Gasteiger partial charge in [0.2, 0.25) is 0 Å². The molecule has 2 N–H and O–H groups in total. The summed E-state index contributed by atoms with van der Waals surface area (Å²) in [5.74, 6) is 0.935. The van der Waals surface area contributed by atoms with Crippen molar-refractivity contribution < 1.29 is 0 Å². The molecule has 31 heavy (non-hydrogen) atoms. The molecule has 152 valence electrons. The quantitative estimate of drug-likeness (QED) is 0.547. The Labute approximate surface area is 178 Å². The molecule has 0 radical (unpaired) electrons. The lowest BCUT2D eigenvalue weighted by Gasteiger charge is -2.14. The molecule has 4 heterocycles. The lowest BCUT2D eigenvalue weighted by molar-refractivity contribution is 0.833. The third kappa shape index (κ3) is 2.89. The predicted octanol–water partition coefficient (Wildman–Crippen LogP) is 3.10. The van der Waals surface area contributed by atoms with Gasteiger partial charge in [0.05, 0.1) is 11.0 Å². The summed E-state index contributed by atoms with van der Waals surface area (Å²) in [4.78, 5) is 12.7. The van der Waals surface area contributed by atoms with Crippen LogP contribution in [0.5, 0.6) is 0 Å². The zero-order chi connectivity index (χ0) is 20.8. The van der Waals surface area contributed by atoms with Gasteiger partial charge in [0.1, 0.15) is 24.5 Å².